The van der Waals surface area contributed by atoms with E-state index in [0.29, 0.717) is 0 Å². The minimum Gasteiger partial charge on any atom is -0.413 e. The van der Waals surface area contributed by atoms with E-state index < -0.39 is 61.2 Å². The highest BCUT2D eigenvalue weighted by atomic mass is 32.2. The molecule has 0 saturated carbocycles. The second-order valence-electron chi connectivity index (χ2n) is 8.10. The zero-order valence-corrected chi connectivity index (χ0v) is 19.9. The van der Waals surface area contributed by atoms with Crippen LogP contribution in [0.4, 0.5) is 27.6 Å². The van der Waals surface area contributed by atoms with Crippen LogP contribution in [0.3, 0.4) is 0 Å². The van der Waals surface area contributed by atoms with Crippen molar-refractivity contribution in [3.63, 3.8) is 0 Å². The molecule has 0 amide bonds. The van der Waals surface area contributed by atoms with Gasteiger partial charge in [0, 0.05) is 11.1 Å². The average Bonchev–Trinajstić information content (AvgIpc) is 3.29. The zero-order valence-electron chi connectivity index (χ0n) is 18.2. The standard InChI is InChI=1S/C21H18F5N3O5S2/c22-15-2-1-3-16(11-15)29(36(32,33)17-6-8-35(30,31)9-7-17)12-14-5-4-13(10-18(14)23)19-27-28-20(34-19)21(24,25)26/h1-5,10-11,17H,6-9,12H2. The largest absolute Gasteiger partial charge is 0.470 e. The van der Waals surface area contributed by atoms with Crippen molar-refractivity contribution >= 4 is 25.5 Å². The van der Waals surface area contributed by atoms with E-state index in [1.165, 1.54) is 18.2 Å². The molecule has 1 aromatic heterocycles. The molecular weight excluding hydrogens is 533 g/mol. The minimum atomic E-state index is -4.89. The van der Waals surface area contributed by atoms with Gasteiger partial charge in [0.25, 0.3) is 0 Å². The molecule has 2 aromatic carbocycles. The van der Waals surface area contributed by atoms with Crippen LogP contribution in [-0.2, 0) is 32.6 Å². The number of hydrogen-bond acceptors (Lipinski definition) is 7. The number of rotatable bonds is 6. The van der Waals surface area contributed by atoms with Crippen LogP contribution in [0, 0.1) is 11.6 Å². The van der Waals surface area contributed by atoms with Gasteiger partial charge in [0.1, 0.15) is 21.5 Å². The third-order valence-electron chi connectivity index (χ3n) is 5.61. The number of alkyl halides is 3. The summed E-state index contributed by atoms with van der Waals surface area (Å²) in [6.07, 6.45) is -5.23. The SMILES string of the molecule is O=S1(=O)CCC(S(=O)(=O)N(Cc2ccc(-c3nnc(C(F)(F)F)o3)cc2F)c2cccc(F)c2)CC1. The predicted octanol–water partition coefficient (Wildman–Crippen LogP) is 3.95. The molecule has 1 aliphatic heterocycles. The fraction of sp³-hybridized carbons (Fsp3) is 0.333. The maximum Gasteiger partial charge on any atom is 0.470 e. The Hall–Kier alpha value is -3.07. The van der Waals surface area contributed by atoms with E-state index in [4.69, 9.17) is 0 Å². The molecular formula is C21H18F5N3O5S2. The van der Waals surface area contributed by atoms with Crippen molar-refractivity contribution in [2.45, 2.75) is 30.8 Å². The smallest absolute Gasteiger partial charge is 0.413 e. The zero-order chi connectivity index (χ0) is 26.3. The number of sulfone groups is 1. The van der Waals surface area contributed by atoms with Crippen molar-refractivity contribution in [2.24, 2.45) is 0 Å². The first-order chi connectivity index (χ1) is 16.8. The van der Waals surface area contributed by atoms with Crippen LogP contribution >= 0.6 is 0 Å². The van der Waals surface area contributed by atoms with Crippen LogP contribution in [0.2, 0.25) is 0 Å². The van der Waals surface area contributed by atoms with Crippen LogP contribution in [-0.4, -0.2) is 43.8 Å². The second-order valence-corrected chi connectivity index (χ2v) is 12.5. The monoisotopic (exact) mass is 551 g/mol. The number of benzene rings is 2. The van der Waals surface area contributed by atoms with Crippen molar-refractivity contribution in [3.05, 3.63) is 65.6 Å². The van der Waals surface area contributed by atoms with Gasteiger partial charge in [-0.25, -0.2) is 25.6 Å². The number of hydrogen-bond donors (Lipinski definition) is 0. The maximum absolute atomic E-state index is 15.0. The second kappa shape index (κ2) is 9.42. The molecule has 194 valence electrons. The molecule has 1 saturated heterocycles. The quantitative estimate of drug-likeness (QED) is 0.427. The highest BCUT2D eigenvalue weighted by Crippen LogP contribution is 2.32. The molecule has 3 aromatic rings. The van der Waals surface area contributed by atoms with E-state index in [1.807, 2.05) is 0 Å². The van der Waals surface area contributed by atoms with Gasteiger partial charge in [0.2, 0.25) is 15.9 Å². The van der Waals surface area contributed by atoms with Gasteiger partial charge in [0.15, 0.2) is 0 Å². The lowest BCUT2D eigenvalue weighted by atomic mass is 10.1. The summed E-state index contributed by atoms with van der Waals surface area (Å²) < 4.78 is 123. The Morgan fingerprint density at radius 1 is 1.03 bits per heavy atom. The number of anilines is 1. The molecule has 0 aliphatic carbocycles. The van der Waals surface area contributed by atoms with Crippen molar-refractivity contribution < 1.29 is 43.2 Å². The Balaban J connectivity index is 1.67. The molecule has 0 radical (unpaired) electrons. The Labute approximate surface area is 202 Å². The van der Waals surface area contributed by atoms with Crippen molar-refractivity contribution in [1.29, 1.82) is 0 Å². The third kappa shape index (κ3) is 5.51. The van der Waals surface area contributed by atoms with E-state index in [1.54, 1.807) is 0 Å². The topological polar surface area (TPSA) is 110 Å². The molecule has 36 heavy (non-hydrogen) atoms. The normalized spacial score (nSPS) is 16.7. The molecule has 2 heterocycles. The summed E-state index contributed by atoms with van der Waals surface area (Å²) in [6, 6.07) is 7.74. The van der Waals surface area contributed by atoms with Gasteiger partial charge in [-0.05, 0) is 43.2 Å². The van der Waals surface area contributed by atoms with E-state index in [-0.39, 0.29) is 41.2 Å². The fourth-order valence-corrected chi connectivity index (χ4v) is 7.43. The number of nitrogens with zero attached hydrogens (tertiary/aromatic N) is 3. The highest BCUT2D eigenvalue weighted by Gasteiger charge is 2.39. The lowest BCUT2D eigenvalue weighted by Crippen LogP contribution is -2.42. The van der Waals surface area contributed by atoms with Gasteiger partial charge in [-0.1, -0.05) is 12.1 Å². The molecule has 0 N–H and O–H groups in total. The summed E-state index contributed by atoms with van der Waals surface area (Å²) in [5.41, 5.74) is -0.443. The van der Waals surface area contributed by atoms with Crippen molar-refractivity contribution in [3.8, 4) is 11.5 Å². The van der Waals surface area contributed by atoms with Crippen molar-refractivity contribution in [2.75, 3.05) is 15.8 Å². The molecule has 15 heteroatoms. The summed E-state index contributed by atoms with van der Waals surface area (Å²) in [7, 11) is -7.64. The van der Waals surface area contributed by atoms with E-state index in [2.05, 4.69) is 14.6 Å². The Morgan fingerprint density at radius 2 is 1.72 bits per heavy atom. The maximum atomic E-state index is 15.0. The van der Waals surface area contributed by atoms with Gasteiger partial charge >= 0.3 is 12.1 Å². The van der Waals surface area contributed by atoms with Crippen LogP contribution in [0.25, 0.3) is 11.5 Å². The van der Waals surface area contributed by atoms with Crippen LogP contribution in [0.5, 0.6) is 0 Å². The van der Waals surface area contributed by atoms with E-state index >= 15 is 0 Å². The molecule has 0 spiro atoms. The summed E-state index contributed by atoms with van der Waals surface area (Å²) in [6.45, 7) is -0.585. The average molecular weight is 552 g/mol. The van der Waals surface area contributed by atoms with Gasteiger partial charge in [-0.15, -0.1) is 10.2 Å². The lowest BCUT2D eigenvalue weighted by molar-refractivity contribution is -0.156. The molecule has 8 nitrogen and oxygen atoms in total. The lowest BCUT2D eigenvalue weighted by Gasteiger charge is -2.31. The van der Waals surface area contributed by atoms with Crippen LogP contribution in [0.15, 0.2) is 46.9 Å². The Kier molecular flexibility index (Phi) is 6.81. The number of halogens is 5. The number of aromatic nitrogens is 2. The highest BCUT2D eigenvalue weighted by molar-refractivity contribution is 7.94. The first kappa shape index (κ1) is 26.0. The first-order valence-electron chi connectivity index (χ1n) is 10.4. The molecule has 1 aliphatic rings. The molecule has 1 fully saturated rings. The van der Waals surface area contributed by atoms with E-state index in [9.17, 15) is 38.8 Å². The van der Waals surface area contributed by atoms with Gasteiger partial charge in [-0.3, -0.25) is 4.31 Å². The van der Waals surface area contributed by atoms with Crippen LogP contribution in [0.1, 0.15) is 24.3 Å². The van der Waals surface area contributed by atoms with Gasteiger partial charge in [0.05, 0.1) is 29.0 Å². The first-order valence-corrected chi connectivity index (χ1v) is 13.8. The molecule has 0 unspecified atom stereocenters. The number of sulfonamides is 1. The Morgan fingerprint density at radius 3 is 2.31 bits per heavy atom. The summed E-state index contributed by atoms with van der Waals surface area (Å²) >= 11 is 0. The Bertz CT molecular complexity index is 1480. The summed E-state index contributed by atoms with van der Waals surface area (Å²) in [5.74, 6) is -4.60. The molecule has 0 atom stereocenters. The molecule has 0 bridgehead atoms. The summed E-state index contributed by atoms with van der Waals surface area (Å²) in [5, 5.41) is 5.04. The minimum absolute atomic E-state index is 0.0985. The third-order valence-corrected chi connectivity index (χ3v) is 9.59. The predicted molar refractivity (Wildman–Crippen MR) is 118 cm³/mol. The van der Waals surface area contributed by atoms with Gasteiger partial charge < -0.3 is 4.42 Å². The van der Waals surface area contributed by atoms with Crippen molar-refractivity contribution in [1.82, 2.24) is 10.2 Å². The summed E-state index contributed by atoms with van der Waals surface area (Å²) in [4.78, 5) is 0. The molecule has 4 rings (SSSR count). The van der Waals surface area contributed by atoms with E-state index in [0.717, 1.165) is 28.6 Å². The van der Waals surface area contributed by atoms with Gasteiger partial charge in [-0.2, -0.15) is 13.2 Å². The van der Waals surface area contributed by atoms with Crippen LogP contribution < -0.4 is 4.31 Å². The fourth-order valence-electron chi connectivity index (χ4n) is 3.72.